The van der Waals surface area contributed by atoms with Gasteiger partial charge in [0.15, 0.2) is 0 Å². The van der Waals surface area contributed by atoms with E-state index in [9.17, 15) is 0 Å². The molecule has 19 heavy (non-hydrogen) atoms. The second kappa shape index (κ2) is 5.14. The molecule has 3 heteroatoms. The maximum Gasteiger partial charge on any atom is 0.124 e. The first-order valence-corrected chi connectivity index (χ1v) is 7.37. The van der Waals surface area contributed by atoms with Gasteiger partial charge in [0.1, 0.15) is 5.75 Å². The van der Waals surface area contributed by atoms with Gasteiger partial charge in [-0.05, 0) is 31.1 Å². The highest BCUT2D eigenvalue weighted by Gasteiger charge is 2.34. The highest BCUT2D eigenvalue weighted by Crippen LogP contribution is 2.32. The summed E-state index contributed by atoms with van der Waals surface area (Å²) in [7, 11) is 0. The average Bonchev–Trinajstić information content (AvgIpc) is 3.03. The molecule has 0 aliphatic carbocycles. The summed E-state index contributed by atoms with van der Waals surface area (Å²) in [4.78, 5) is 2.51. The van der Waals surface area contributed by atoms with E-state index in [0.29, 0.717) is 5.41 Å². The van der Waals surface area contributed by atoms with E-state index in [0.717, 1.165) is 38.5 Å². The lowest BCUT2D eigenvalue weighted by Crippen LogP contribution is -2.30. The van der Waals surface area contributed by atoms with E-state index < -0.39 is 0 Å². The second-order valence-corrected chi connectivity index (χ2v) is 6.22. The van der Waals surface area contributed by atoms with Crippen LogP contribution in [-0.2, 0) is 13.1 Å². The van der Waals surface area contributed by atoms with Crippen LogP contribution < -0.4 is 10.1 Å². The topological polar surface area (TPSA) is 24.5 Å². The molecular weight excluding hydrogens is 236 g/mol. The van der Waals surface area contributed by atoms with Gasteiger partial charge in [-0.2, -0.15) is 0 Å². The second-order valence-electron chi connectivity index (χ2n) is 6.22. The molecule has 0 bridgehead atoms. The maximum atomic E-state index is 6.16. The fourth-order valence-corrected chi connectivity index (χ4v) is 3.20. The molecule has 3 nitrogen and oxygen atoms in total. The number of hydrogen-bond acceptors (Lipinski definition) is 3. The zero-order chi connectivity index (χ0) is 13.3. The number of rotatable bonds is 4. The molecule has 0 radical (unpaired) electrons. The van der Waals surface area contributed by atoms with Crippen molar-refractivity contribution >= 4 is 0 Å². The van der Waals surface area contributed by atoms with E-state index in [1.54, 1.807) is 0 Å². The molecule has 1 fully saturated rings. The molecule has 104 valence electrons. The highest BCUT2D eigenvalue weighted by atomic mass is 16.5. The zero-order valence-electron chi connectivity index (χ0n) is 12.0. The molecule has 0 spiro atoms. The molecule has 0 amide bonds. The first-order chi connectivity index (χ1) is 9.20. The molecule has 1 unspecified atom stereocenters. The van der Waals surface area contributed by atoms with Gasteiger partial charge in [-0.25, -0.2) is 0 Å². The summed E-state index contributed by atoms with van der Waals surface area (Å²) in [6.45, 7) is 10.9. The standard InChI is InChI=1S/C16H24N2O/c1-3-18-8-7-16(2,11-18)12-19-15-6-4-5-13-9-17-10-14(13)15/h4-6,17H,3,7-12H2,1-2H3. The van der Waals surface area contributed by atoms with Gasteiger partial charge in [0.2, 0.25) is 0 Å². The molecular formula is C16H24N2O. The summed E-state index contributed by atoms with van der Waals surface area (Å²) in [6, 6.07) is 6.41. The van der Waals surface area contributed by atoms with Crippen LogP contribution in [-0.4, -0.2) is 31.1 Å². The third-order valence-corrected chi connectivity index (χ3v) is 4.51. The predicted molar refractivity (Wildman–Crippen MR) is 77.3 cm³/mol. The summed E-state index contributed by atoms with van der Waals surface area (Å²) < 4.78 is 6.16. The number of benzene rings is 1. The van der Waals surface area contributed by atoms with Crippen LogP contribution in [0.2, 0.25) is 0 Å². The van der Waals surface area contributed by atoms with Gasteiger partial charge in [-0.1, -0.05) is 26.0 Å². The van der Waals surface area contributed by atoms with Gasteiger partial charge in [0.25, 0.3) is 0 Å². The van der Waals surface area contributed by atoms with Crippen molar-refractivity contribution in [3.63, 3.8) is 0 Å². The van der Waals surface area contributed by atoms with Crippen LogP contribution in [0.25, 0.3) is 0 Å². The predicted octanol–water partition coefficient (Wildman–Crippen LogP) is 2.40. The minimum absolute atomic E-state index is 0.310. The molecule has 1 atom stereocenters. The molecule has 0 aromatic heterocycles. The first-order valence-electron chi connectivity index (χ1n) is 7.37. The van der Waals surface area contributed by atoms with Crippen LogP contribution in [0.4, 0.5) is 0 Å². The lowest BCUT2D eigenvalue weighted by Gasteiger charge is -2.25. The third-order valence-electron chi connectivity index (χ3n) is 4.51. The van der Waals surface area contributed by atoms with Crippen LogP contribution in [0, 0.1) is 5.41 Å². The monoisotopic (exact) mass is 260 g/mol. The number of ether oxygens (including phenoxy) is 1. The fraction of sp³-hybridized carbons (Fsp3) is 0.625. The Labute approximate surface area is 115 Å². The maximum absolute atomic E-state index is 6.16. The summed E-state index contributed by atoms with van der Waals surface area (Å²) >= 11 is 0. The first kappa shape index (κ1) is 12.9. The number of likely N-dealkylation sites (tertiary alicyclic amines) is 1. The lowest BCUT2D eigenvalue weighted by molar-refractivity contribution is 0.163. The molecule has 3 rings (SSSR count). The number of hydrogen-bond donors (Lipinski definition) is 1. The normalized spacial score (nSPS) is 26.6. The van der Waals surface area contributed by atoms with Gasteiger partial charge >= 0.3 is 0 Å². The summed E-state index contributed by atoms with van der Waals surface area (Å²) in [5.41, 5.74) is 3.06. The van der Waals surface area contributed by atoms with Crippen molar-refractivity contribution in [2.24, 2.45) is 5.41 Å². The SMILES string of the molecule is CCN1CCC(C)(COc2cccc3c2CNC3)C1. The van der Waals surface area contributed by atoms with Gasteiger partial charge < -0.3 is 15.0 Å². The lowest BCUT2D eigenvalue weighted by atomic mass is 9.91. The van der Waals surface area contributed by atoms with Gasteiger partial charge in [0, 0.05) is 30.6 Å². The number of fused-ring (bicyclic) bond motifs is 1. The van der Waals surface area contributed by atoms with E-state index in [-0.39, 0.29) is 0 Å². The average molecular weight is 260 g/mol. The number of nitrogens with zero attached hydrogens (tertiary/aromatic N) is 1. The Balaban J connectivity index is 1.65. The Kier molecular flexibility index (Phi) is 3.50. The molecule has 1 aromatic rings. The smallest absolute Gasteiger partial charge is 0.124 e. The van der Waals surface area contributed by atoms with Crippen molar-refractivity contribution in [2.75, 3.05) is 26.2 Å². The Morgan fingerprint density at radius 2 is 2.26 bits per heavy atom. The van der Waals surface area contributed by atoms with Crippen molar-refractivity contribution in [1.82, 2.24) is 10.2 Å². The third kappa shape index (κ3) is 2.63. The van der Waals surface area contributed by atoms with Crippen LogP contribution in [0.15, 0.2) is 18.2 Å². The fourth-order valence-electron chi connectivity index (χ4n) is 3.20. The Morgan fingerprint density at radius 3 is 3.05 bits per heavy atom. The van der Waals surface area contributed by atoms with Gasteiger partial charge in [-0.15, -0.1) is 0 Å². The molecule has 1 saturated heterocycles. The van der Waals surface area contributed by atoms with E-state index >= 15 is 0 Å². The molecule has 1 N–H and O–H groups in total. The minimum atomic E-state index is 0.310. The van der Waals surface area contributed by atoms with E-state index in [4.69, 9.17) is 4.74 Å². The van der Waals surface area contributed by atoms with Gasteiger partial charge in [-0.3, -0.25) is 0 Å². The molecule has 0 saturated carbocycles. The Bertz CT molecular complexity index is 460. The Morgan fingerprint density at radius 1 is 1.37 bits per heavy atom. The molecule has 2 aliphatic heterocycles. The van der Waals surface area contributed by atoms with Crippen molar-refractivity contribution in [3.05, 3.63) is 29.3 Å². The van der Waals surface area contributed by atoms with Crippen molar-refractivity contribution in [1.29, 1.82) is 0 Å². The summed E-state index contributed by atoms with van der Waals surface area (Å²) in [6.07, 6.45) is 1.24. The van der Waals surface area contributed by atoms with Crippen LogP contribution in [0.1, 0.15) is 31.4 Å². The molecule has 2 heterocycles. The van der Waals surface area contributed by atoms with Crippen molar-refractivity contribution < 1.29 is 4.74 Å². The van der Waals surface area contributed by atoms with E-state index in [1.807, 2.05) is 0 Å². The van der Waals surface area contributed by atoms with Crippen molar-refractivity contribution in [2.45, 2.75) is 33.4 Å². The van der Waals surface area contributed by atoms with Crippen LogP contribution in [0.5, 0.6) is 5.75 Å². The highest BCUT2D eigenvalue weighted by molar-refractivity contribution is 5.42. The number of nitrogens with one attached hydrogen (secondary N) is 1. The van der Waals surface area contributed by atoms with E-state index in [2.05, 4.69) is 42.3 Å². The Hall–Kier alpha value is -1.06. The summed E-state index contributed by atoms with van der Waals surface area (Å²) in [5, 5.41) is 3.39. The van der Waals surface area contributed by atoms with E-state index in [1.165, 1.54) is 24.1 Å². The zero-order valence-corrected chi connectivity index (χ0v) is 12.0. The van der Waals surface area contributed by atoms with Crippen molar-refractivity contribution in [3.8, 4) is 5.75 Å². The minimum Gasteiger partial charge on any atom is -0.493 e. The quantitative estimate of drug-likeness (QED) is 0.899. The summed E-state index contributed by atoms with van der Waals surface area (Å²) in [5.74, 6) is 1.08. The van der Waals surface area contributed by atoms with Gasteiger partial charge in [0.05, 0.1) is 6.61 Å². The molecule has 2 aliphatic rings. The van der Waals surface area contributed by atoms with Crippen LogP contribution in [0.3, 0.4) is 0 Å². The largest absolute Gasteiger partial charge is 0.493 e. The van der Waals surface area contributed by atoms with Crippen LogP contribution >= 0.6 is 0 Å². The molecule has 1 aromatic carbocycles.